The largest absolute Gasteiger partial charge is 0.376 e. The Hall–Kier alpha value is -1.30. The monoisotopic (exact) mass is 307 g/mol. The van der Waals surface area contributed by atoms with Crippen molar-refractivity contribution in [2.75, 3.05) is 45.9 Å². The Kier molecular flexibility index (Phi) is 3.72. The molecule has 4 saturated heterocycles. The predicted molar refractivity (Wildman–Crippen MR) is 80.3 cm³/mol. The highest BCUT2D eigenvalue weighted by atomic mass is 16.5. The molecule has 0 spiro atoms. The maximum absolute atomic E-state index is 12.5. The average Bonchev–Trinajstić information content (AvgIpc) is 3.26. The molecule has 3 amide bonds. The van der Waals surface area contributed by atoms with Crippen molar-refractivity contribution in [3.05, 3.63) is 0 Å². The minimum Gasteiger partial charge on any atom is -0.376 e. The Morgan fingerprint density at radius 1 is 1.09 bits per heavy atom. The number of rotatable bonds is 2. The lowest BCUT2D eigenvalue weighted by Crippen LogP contribution is -2.42. The smallest absolute Gasteiger partial charge is 0.320 e. The highest BCUT2D eigenvalue weighted by molar-refractivity contribution is 5.78. The quantitative estimate of drug-likeness (QED) is 0.757. The van der Waals surface area contributed by atoms with Crippen molar-refractivity contribution in [3.8, 4) is 0 Å². The van der Waals surface area contributed by atoms with Crippen molar-refractivity contribution in [2.45, 2.75) is 31.8 Å². The normalized spacial score (nSPS) is 34.8. The summed E-state index contributed by atoms with van der Waals surface area (Å²) in [6.45, 7) is 5.77. The molecule has 6 nitrogen and oxygen atoms in total. The van der Waals surface area contributed by atoms with Gasteiger partial charge in [-0.3, -0.25) is 4.79 Å². The molecule has 22 heavy (non-hydrogen) atoms. The number of likely N-dealkylation sites (tertiary alicyclic amines) is 3. The molecule has 0 aromatic carbocycles. The van der Waals surface area contributed by atoms with E-state index < -0.39 is 0 Å². The number of ether oxygens (including phenoxy) is 1. The molecule has 6 heteroatoms. The number of hydrogen-bond donors (Lipinski definition) is 0. The van der Waals surface area contributed by atoms with E-state index >= 15 is 0 Å². The van der Waals surface area contributed by atoms with Gasteiger partial charge in [0.25, 0.3) is 0 Å². The first-order valence-corrected chi connectivity index (χ1v) is 8.65. The molecule has 0 bridgehead atoms. The summed E-state index contributed by atoms with van der Waals surface area (Å²) in [6, 6.07) is 0.187. The lowest BCUT2D eigenvalue weighted by atomic mass is 9.93. The molecule has 4 aliphatic rings. The number of fused-ring (bicyclic) bond motifs is 1. The van der Waals surface area contributed by atoms with Crippen LogP contribution in [0.2, 0.25) is 0 Å². The number of nitrogens with zero attached hydrogens (tertiary/aromatic N) is 3. The standard InChI is InChI=1S/C16H25N3O3/c20-15-4-3-7-18(15)8-12-11-22-14-10-19(9-13(12)14)16(21)17-5-1-2-6-17/h12-14H,1-11H2/t12-,13+,14+/m1/s1. The van der Waals surface area contributed by atoms with Crippen LogP contribution < -0.4 is 0 Å². The summed E-state index contributed by atoms with van der Waals surface area (Å²) >= 11 is 0. The van der Waals surface area contributed by atoms with Crippen LogP contribution >= 0.6 is 0 Å². The Balaban J connectivity index is 1.36. The first-order valence-electron chi connectivity index (χ1n) is 8.65. The number of carbonyl (C=O) groups is 2. The molecule has 0 N–H and O–H groups in total. The van der Waals surface area contributed by atoms with Crippen LogP contribution in [0.25, 0.3) is 0 Å². The van der Waals surface area contributed by atoms with Crippen LogP contribution in [0.1, 0.15) is 25.7 Å². The van der Waals surface area contributed by atoms with Gasteiger partial charge in [0.15, 0.2) is 0 Å². The summed E-state index contributed by atoms with van der Waals surface area (Å²) in [6.07, 6.45) is 4.11. The molecule has 0 aromatic rings. The maximum Gasteiger partial charge on any atom is 0.320 e. The van der Waals surface area contributed by atoms with E-state index in [1.54, 1.807) is 0 Å². The molecule has 4 rings (SSSR count). The molecule has 4 fully saturated rings. The second-order valence-electron chi connectivity index (χ2n) is 7.12. The van der Waals surface area contributed by atoms with Crippen molar-refractivity contribution in [3.63, 3.8) is 0 Å². The van der Waals surface area contributed by atoms with Crippen molar-refractivity contribution < 1.29 is 14.3 Å². The minimum atomic E-state index is 0.175. The van der Waals surface area contributed by atoms with E-state index in [0.717, 1.165) is 65.1 Å². The molecule has 0 radical (unpaired) electrons. The van der Waals surface area contributed by atoms with Crippen molar-refractivity contribution in [1.29, 1.82) is 0 Å². The van der Waals surface area contributed by atoms with Gasteiger partial charge < -0.3 is 19.4 Å². The van der Waals surface area contributed by atoms with Gasteiger partial charge in [0.05, 0.1) is 12.7 Å². The molecule has 0 aliphatic carbocycles. The molecular formula is C16H25N3O3. The number of urea groups is 1. The van der Waals surface area contributed by atoms with Gasteiger partial charge in [-0.25, -0.2) is 4.79 Å². The van der Waals surface area contributed by atoms with Gasteiger partial charge in [0, 0.05) is 57.5 Å². The second-order valence-corrected chi connectivity index (χ2v) is 7.12. The van der Waals surface area contributed by atoms with E-state index in [0.29, 0.717) is 18.3 Å². The fourth-order valence-electron chi connectivity index (χ4n) is 4.43. The van der Waals surface area contributed by atoms with Crippen LogP contribution in [0.5, 0.6) is 0 Å². The SMILES string of the molecule is O=C1CCCN1C[C@@H]1CO[C@H]2CN(C(=O)N3CCCC3)C[C@@H]12. The van der Waals surface area contributed by atoms with E-state index in [1.165, 1.54) is 0 Å². The lowest BCUT2D eigenvalue weighted by molar-refractivity contribution is -0.128. The van der Waals surface area contributed by atoms with Gasteiger partial charge in [-0.1, -0.05) is 0 Å². The van der Waals surface area contributed by atoms with Crippen LogP contribution in [0.15, 0.2) is 0 Å². The predicted octanol–water partition coefficient (Wildman–Crippen LogP) is 0.771. The number of hydrogen-bond acceptors (Lipinski definition) is 3. The minimum absolute atomic E-state index is 0.175. The van der Waals surface area contributed by atoms with Gasteiger partial charge in [0.2, 0.25) is 5.91 Å². The first-order chi connectivity index (χ1) is 10.7. The fourth-order valence-corrected chi connectivity index (χ4v) is 4.43. The summed E-state index contributed by atoms with van der Waals surface area (Å²) in [5.41, 5.74) is 0. The van der Waals surface area contributed by atoms with Crippen LogP contribution in [0.4, 0.5) is 4.79 Å². The zero-order valence-electron chi connectivity index (χ0n) is 13.1. The highest BCUT2D eigenvalue weighted by Gasteiger charge is 2.46. The lowest BCUT2D eigenvalue weighted by Gasteiger charge is -2.26. The fraction of sp³-hybridized carbons (Fsp3) is 0.875. The molecular weight excluding hydrogens is 282 g/mol. The van der Waals surface area contributed by atoms with E-state index in [1.807, 2.05) is 14.7 Å². The van der Waals surface area contributed by atoms with Crippen molar-refractivity contribution >= 4 is 11.9 Å². The topological polar surface area (TPSA) is 53.1 Å². The molecule has 0 saturated carbocycles. The van der Waals surface area contributed by atoms with Gasteiger partial charge in [-0.2, -0.15) is 0 Å². The van der Waals surface area contributed by atoms with Crippen LogP contribution in [0, 0.1) is 11.8 Å². The Morgan fingerprint density at radius 3 is 2.64 bits per heavy atom. The third kappa shape index (κ3) is 2.47. The van der Waals surface area contributed by atoms with Gasteiger partial charge in [0.1, 0.15) is 0 Å². The highest BCUT2D eigenvalue weighted by Crippen LogP contribution is 2.35. The summed E-state index contributed by atoms with van der Waals surface area (Å²) < 4.78 is 5.93. The Labute approximate surface area is 131 Å². The summed E-state index contributed by atoms with van der Waals surface area (Å²) in [5, 5.41) is 0. The van der Waals surface area contributed by atoms with Gasteiger partial charge in [-0.05, 0) is 19.3 Å². The van der Waals surface area contributed by atoms with E-state index in [-0.39, 0.29) is 18.0 Å². The van der Waals surface area contributed by atoms with E-state index in [2.05, 4.69) is 0 Å². The van der Waals surface area contributed by atoms with Crippen LogP contribution in [-0.2, 0) is 9.53 Å². The molecule has 4 heterocycles. The molecule has 4 aliphatic heterocycles. The van der Waals surface area contributed by atoms with E-state index in [4.69, 9.17) is 4.74 Å². The second kappa shape index (κ2) is 5.72. The van der Waals surface area contributed by atoms with Gasteiger partial charge in [-0.15, -0.1) is 0 Å². The third-order valence-electron chi connectivity index (χ3n) is 5.71. The Bertz CT molecular complexity index is 464. The van der Waals surface area contributed by atoms with Crippen molar-refractivity contribution in [1.82, 2.24) is 14.7 Å². The zero-order valence-corrected chi connectivity index (χ0v) is 13.1. The van der Waals surface area contributed by atoms with Crippen LogP contribution in [0.3, 0.4) is 0 Å². The number of carbonyl (C=O) groups excluding carboxylic acids is 2. The summed E-state index contributed by atoms with van der Waals surface area (Å²) in [4.78, 5) is 30.3. The number of amides is 3. The summed E-state index contributed by atoms with van der Waals surface area (Å²) in [5.74, 6) is 1.08. The average molecular weight is 307 g/mol. The molecule has 0 aromatic heterocycles. The molecule has 3 atom stereocenters. The van der Waals surface area contributed by atoms with Gasteiger partial charge >= 0.3 is 6.03 Å². The zero-order chi connectivity index (χ0) is 15.1. The van der Waals surface area contributed by atoms with Crippen LogP contribution in [-0.4, -0.2) is 78.6 Å². The molecule has 122 valence electrons. The first kappa shape index (κ1) is 14.3. The summed E-state index contributed by atoms with van der Waals surface area (Å²) in [7, 11) is 0. The Morgan fingerprint density at radius 2 is 1.91 bits per heavy atom. The van der Waals surface area contributed by atoms with E-state index in [9.17, 15) is 9.59 Å². The maximum atomic E-state index is 12.5. The molecule has 0 unspecified atom stereocenters. The third-order valence-corrected chi connectivity index (χ3v) is 5.71. The van der Waals surface area contributed by atoms with Crippen molar-refractivity contribution in [2.24, 2.45) is 11.8 Å².